The molecule has 0 spiro atoms. The lowest BCUT2D eigenvalue weighted by molar-refractivity contribution is 0.0378. The van der Waals surface area contributed by atoms with Crippen molar-refractivity contribution in [3.05, 3.63) is 35.9 Å². The summed E-state index contributed by atoms with van der Waals surface area (Å²) in [5, 5.41) is 7.29. The van der Waals surface area contributed by atoms with Gasteiger partial charge in [0, 0.05) is 31.9 Å². The number of hydrogen-bond donors (Lipinski definition) is 1. The van der Waals surface area contributed by atoms with Crippen LogP contribution in [0.3, 0.4) is 0 Å². The molecule has 0 amide bonds. The molecule has 4 heterocycles. The van der Waals surface area contributed by atoms with Crippen LogP contribution < -0.4 is 5.32 Å². The standard InChI is InChI=1S/C20H25N5O3/c1-14-12-18(28-24-14)16-13-22-20(23-19(16)17-5-4-15(2)27-17)21-6-3-7-25-8-10-26-11-9-25/h4-5,12-13H,3,6-11H2,1-2H3,(H,21,22,23). The number of hydrogen-bond acceptors (Lipinski definition) is 8. The van der Waals surface area contributed by atoms with Gasteiger partial charge in [0.05, 0.1) is 24.5 Å². The molecule has 8 heteroatoms. The molecule has 0 radical (unpaired) electrons. The summed E-state index contributed by atoms with van der Waals surface area (Å²) >= 11 is 0. The van der Waals surface area contributed by atoms with Gasteiger partial charge in [-0.25, -0.2) is 9.97 Å². The first kappa shape index (κ1) is 18.6. The number of nitrogens with zero attached hydrogens (tertiary/aromatic N) is 4. The third kappa shape index (κ3) is 4.40. The Labute approximate surface area is 163 Å². The van der Waals surface area contributed by atoms with E-state index in [9.17, 15) is 0 Å². The van der Waals surface area contributed by atoms with Gasteiger partial charge in [-0.3, -0.25) is 4.90 Å². The maximum absolute atomic E-state index is 5.80. The van der Waals surface area contributed by atoms with E-state index in [1.54, 1.807) is 6.20 Å². The van der Waals surface area contributed by atoms with Gasteiger partial charge in [0.25, 0.3) is 0 Å². The normalized spacial score (nSPS) is 15.1. The minimum Gasteiger partial charge on any atom is -0.460 e. The topological polar surface area (TPSA) is 89.5 Å². The summed E-state index contributed by atoms with van der Waals surface area (Å²) in [6.07, 6.45) is 2.77. The van der Waals surface area contributed by atoms with Gasteiger partial charge < -0.3 is 19.0 Å². The average Bonchev–Trinajstić information content (AvgIpc) is 3.34. The first-order valence-corrected chi connectivity index (χ1v) is 9.60. The van der Waals surface area contributed by atoms with Crippen LogP contribution in [-0.4, -0.2) is 59.4 Å². The number of morpholine rings is 1. The quantitative estimate of drug-likeness (QED) is 0.623. The van der Waals surface area contributed by atoms with Crippen molar-refractivity contribution in [1.29, 1.82) is 0 Å². The molecule has 1 saturated heterocycles. The molecule has 0 unspecified atom stereocenters. The molecule has 8 nitrogen and oxygen atoms in total. The van der Waals surface area contributed by atoms with Gasteiger partial charge in [-0.15, -0.1) is 0 Å². The van der Waals surface area contributed by atoms with Crippen LogP contribution in [0.2, 0.25) is 0 Å². The highest BCUT2D eigenvalue weighted by Gasteiger charge is 2.18. The molecule has 3 aromatic heterocycles. The monoisotopic (exact) mass is 383 g/mol. The number of nitrogens with one attached hydrogen (secondary N) is 1. The van der Waals surface area contributed by atoms with Gasteiger partial charge in [-0.05, 0) is 38.9 Å². The molecule has 4 rings (SSSR count). The van der Waals surface area contributed by atoms with E-state index in [0.29, 0.717) is 23.2 Å². The maximum atomic E-state index is 5.80. The van der Waals surface area contributed by atoms with E-state index in [4.69, 9.17) is 13.7 Å². The predicted octanol–water partition coefficient (Wildman–Crippen LogP) is 3.14. The summed E-state index contributed by atoms with van der Waals surface area (Å²) in [6, 6.07) is 5.70. The molecule has 3 aromatic rings. The first-order chi connectivity index (χ1) is 13.7. The van der Waals surface area contributed by atoms with Gasteiger partial charge in [-0.2, -0.15) is 0 Å². The molecule has 0 aromatic carbocycles. The van der Waals surface area contributed by atoms with E-state index in [0.717, 1.165) is 62.8 Å². The molecule has 0 atom stereocenters. The van der Waals surface area contributed by atoms with Gasteiger partial charge in [-0.1, -0.05) is 5.16 Å². The number of furan rings is 1. The Kier molecular flexibility index (Phi) is 5.68. The molecule has 1 fully saturated rings. The van der Waals surface area contributed by atoms with Crippen LogP contribution in [0.4, 0.5) is 5.95 Å². The van der Waals surface area contributed by atoms with E-state index in [-0.39, 0.29) is 0 Å². The molecule has 0 bridgehead atoms. The zero-order chi connectivity index (χ0) is 19.3. The summed E-state index contributed by atoms with van der Waals surface area (Å²) in [4.78, 5) is 11.6. The molecule has 28 heavy (non-hydrogen) atoms. The first-order valence-electron chi connectivity index (χ1n) is 9.60. The van der Waals surface area contributed by atoms with E-state index < -0.39 is 0 Å². The second-order valence-corrected chi connectivity index (χ2v) is 6.93. The Hall–Kier alpha value is -2.71. The van der Waals surface area contributed by atoms with Crippen molar-refractivity contribution in [2.75, 3.05) is 44.7 Å². The van der Waals surface area contributed by atoms with Crippen molar-refractivity contribution in [1.82, 2.24) is 20.0 Å². The van der Waals surface area contributed by atoms with E-state index in [1.165, 1.54) is 0 Å². The maximum Gasteiger partial charge on any atom is 0.223 e. The Balaban J connectivity index is 1.47. The van der Waals surface area contributed by atoms with E-state index in [2.05, 4.69) is 25.3 Å². The molecule has 148 valence electrons. The Morgan fingerprint density at radius 3 is 2.71 bits per heavy atom. The molecule has 0 saturated carbocycles. The predicted molar refractivity (Wildman–Crippen MR) is 105 cm³/mol. The minimum absolute atomic E-state index is 0.575. The molecular formula is C20H25N5O3. The third-order valence-corrected chi connectivity index (χ3v) is 4.69. The van der Waals surface area contributed by atoms with Crippen molar-refractivity contribution < 1.29 is 13.7 Å². The fourth-order valence-corrected chi connectivity index (χ4v) is 3.22. The van der Waals surface area contributed by atoms with Gasteiger partial charge in [0.1, 0.15) is 11.5 Å². The van der Waals surface area contributed by atoms with Crippen molar-refractivity contribution in [3.63, 3.8) is 0 Å². The summed E-state index contributed by atoms with van der Waals surface area (Å²) < 4.78 is 16.6. The van der Waals surface area contributed by atoms with E-state index >= 15 is 0 Å². The summed E-state index contributed by atoms with van der Waals surface area (Å²) in [5.74, 6) is 2.71. The summed E-state index contributed by atoms with van der Waals surface area (Å²) in [6.45, 7) is 9.29. The number of ether oxygens (including phenoxy) is 1. The van der Waals surface area contributed by atoms with E-state index in [1.807, 2.05) is 32.0 Å². The van der Waals surface area contributed by atoms with Crippen molar-refractivity contribution in [3.8, 4) is 22.8 Å². The van der Waals surface area contributed by atoms with Gasteiger partial charge in [0.15, 0.2) is 11.5 Å². The molecule has 1 N–H and O–H groups in total. The molecular weight excluding hydrogens is 358 g/mol. The third-order valence-electron chi connectivity index (χ3n) is 4.69. The fourth-order valence-electron chi connectivity index (χ4n) is 3.22. The largest absolute Gasteiger partial charge is 0.460 e. The second kappa shape index (κ2) is 8.53. The molecule has 0 aliphatic carbocycles. The van der Waals surface area contributed by atoms with Crippen molar-refractivity contribution >= 4 is 5.95 Å². The Morgan fingerprint density at radius 1 is 1.14 bits per heavy atom. The number of aryl methyl sites for hydroxylation is 2. The smallest absolute Gasteiger partial charge is 0.223 e. The lowest BCUT2D eigenvalue weighted by Gasteiger charge is -2.26. The molecule has 1 aliphatic rings. The van der Waals surface area contributed by atoms with Crippen molar-refractivity contribution in [2.24, 2.45) is 0 Å². The second-order valence-electron chi connectivity index (χ2n) is 6.93. The lowest BCUT2D eigenvalue weighted by Crippen LogP contribution is -2.37. The Bertz CT molecular complexity index is 914. The van der Waals surface area contributed by atoms with Crippen molar-refractivity contribution in [2.45, 2.75) is 20.3 Å². The zero-order valence-electron chi connectivity index (χ0n) is 16.3. The van der Waals surface area contributed by atoms with Gasteiger partial charge in [0.2, 0.25) is 5.95 Å². The average molecular weight is 383 g/mol. The molecule has 1 aliphatic heterocycles. The van der Waals surface area contributed by atoms with Crippen LogP contribution in [0.15, 0.2) is 33.3 Å². The highest BCUT2D eigenvalue weighted by molar-refractivity contribution is 5.75. The fraction of sp³-hybridized carbons (Fsp3) is 0.450. The van der Waals surface area contributed by atoms with Gasteiger partial charge >= 0.3 is 0 Å². The van der Waals surface area contributed by atoms with Crippen LogP contribution in [0.5, 0.6) is 0 Å². The van der Waals surface area contributed by atoms with Crippen LogP contribution in [0.25, 0.3) is 22.8 Å². The van der Waals surface area contributed by atoms with Crippen LogP contribution in [-0.2, 0) is 4.74 Å². The highest BCUT2D eigenvalue weighted by Crippen LogP contribution is 2.32. The lowest BCUT2D eigenvalue weighted by atomic mass is 10.1. The zero-order valence-corrected chi connectivity index (χ0v) is 16.3. The van der Waals surface area contributed by atoms with Crippen LogP contribution in [0, 0.1) is 13.8 Å². The SMILES string of the molecule is Cc1cc(-c2cnc(NCCCN3CCOCC3)nc2-c2ccc(C)o2)on1. The highest BCUT2D eigenvalue weighted by atomic mass is 16.5. The number of aromatic nitrogens is 3. The summed E-state index contributed by atoms with van der Waals surface area (Å²) in [5.41, 5.74) is 2.26. The summed E-state index contributed by atoms with van der Waals surface area (Å²) in [7, 11) is 0. The minimum atomic E-state index is 0.575. The van der Waals surface area contributed by atoms with Crippen LogP contribution in [0.1, 0.15) is 17.9 Å². The number of anilines is 1. The Morgan fingerprint density at radius 2 is 2.00 bits per heavy atom. The number of rotatable bonds is 7. The van der Waals surface area contributed by atoms with Crippen LogP contribution >= 0.6 is 0 Å².